The van der Waals surface area contributed by atoms with E-state index in [1.807, 2.05) is 28.8 Å². The number of ether oxygens (including phenoxy) is 1. The van der Waals surface area contributed by atoms with E-state index in [1.54, 1.807) is 0 Å². The number of aliphatic hydroxyl groups is 1. The number of hydrogen-bond donors (Lipinski definition) is 1. The summed E-state index contributed by atoms with van der Waals surface area (Å²) in [5.41, 5.74) is 1.73. The van der Waals surface area contributed by atoms with Gasteiger partial charge >= 0.3 is 0 Å². The minimum absolute atomic E-state index is 0.0112. The van der Waals surface area contributed by atoms with Crippen molar-refractivity contribution in [3.8, 4) is 0 Å². The number of pyridine rings is 1. The van der Waals surface area contributed by atoms with Crippen LogP contribution in [0.25, 0.3) is 5.65 Å². The molecule has 0 saturated carbocycles. The molecule has 1 fully saturated rings. The van der Waals surface area contributed by atoms with E-state index in [-0.39, 0.29) is 12.7 Å². The number of morpholine rings is 1. The largest absolute Gasteiger partial charge is 0.390 e. The molecule has 2 aromatic heterocycles. The maximum atomic E-state index is 9.74. The molecular formula is C15H21N3O2. The smallest absolute Gasteiger partial charge is 0.153 e. The zero-order valence-electron chi connectivity index (χ0n) is 12.0. The lowest BCUT2D eigenvalue weighted by Crippen LogP contribution is -2.49. The Kier molecular flexibility index (Phi) is 3.63. The van der Waals surface area contributed by atoms with Gasteiger partial charge in [-0.25, -0.2) is 4.98 Å². The molecule has 0 aliphatic carbocycles. The molecule has 3 rings (SSSR count). The Hall–Kier alpha value is -1.59. The zero-order valence-corrected chi connectivity index (χ0v) is 12.0. The number of imidazole rings is 1. The molecule has 20 heavy (non-hydrogen) atoms. The second kappa shape index (κ2) is 5.42. The van der Waals surface area contributed by atoms with E-state index < -0.39 is 0 Å². The average Bonchev–Trinajstić information content (AvgIpc) is 2.85. The molecule has 0 radical (unpaired) electrons. The van der Waals surface area contributed by atoms with Gasteiger partial charge in [0.1, 0.15) is 5.65 Å². The van der Waals surface area contributed by atoms with Gasteiger partial charge in [0.15, 0.2) is 5.82 Å². The Bertz CT molecular complexity index is 596. The Balaban J connectivity index is 2.07. The molecule has 2 unspecified atom stereocenters. The van der Waals surface area contributed by atoms with Gasteiger partial charge in [-0.1, -0.05) is 13.0 Å². The number of fused-ring (bicyclic) bond motifs is 1. The van der Waals surface area contributed by atoms with E-state index in [0.29, 0.717) is 6.04 Å². The lowest BCUT2D eigenvalue weighted by Gasteiger charge is -2.39. The summed E-state index contributed by atoms with van der Waals surface area (Å²) < 4.78 is 7.70. The predicted octanol–water partition coefficient (Wildman–Crippen LogP) is 1.83. The fourth-order valence-electron chi connectivity index (χ4n) is 2.85. The first kappa shape index (κ1) is 13.4. The molecule has 0 aromatic carbocycles. The molecule has 0 amide bonds. The van der Waals surface area contributed by atoms with Crippen molar-refractivity contribution in [2.24, 2.45) is 0 Å². The van der Waals surface area contributed by atoms with Gasteiger partial charge in [0.05, 0.1) is 31.1 Å². The quantitative estimate of drug-likeness (QED) is 0.928. The van der Waals surface area contributed by atoms with E-state index in [2.05, 4.69) is 18.7 Å². The fraction of sp³-hybridized carbons (Fsp3) is 0.533. The highest BCUT2D eigenvalue weighted by Gasteiger charge is 2.29. The first-order valence-electron chi connectivity index (χ1n) is 7.19. The Morgan fingerprint density at radius 3 is 3.05 bits per heavy atom. The van der Waals surface area contributed by atoms with Crippen LogP contribution in [0.5, 0.6) is 0 Å². The van der Waals surface area contributed by atoms with E-state index in [4.69, 9.17) is 9.72 Å². The summed E-state index contributed by atoms with van der Waals surface area (Å²) in [5, 5.41) is 9.74. The summed E-state index contributed by atoms with van der Waals surface area (Å²) in [7, 11) is 0. The molecule has 0 bridgehead atoms. The van der Waals surface area contributed by atoms with E-state index in [9.17, 15) is 5.11 Å². The summed E-state index contributed by atoms with van der Waals surface area (Å²) in [4.78, 5) is 7.00. The first-order chi connectivity index (χ1) is 9.74. The summed E-state index contributed by atoms with van der Waals surface area (Å²) in [6.07, 6.45) is 3.14. The van der Waals surface area contributed by atoms with Crippen molar-refractivity contribution in [1.82, 2.24) is 9.38 Å². The van der Waals surface area contributed by atoms with Crippen LogP contribution in [-0.4, -0.2) is 39.8 Å². The average molecular weight is 275 g/mol. The molecule has 5 heteroatoms. The summed E-state index contributed by atoms with van der Waals surface area (Å²) in [6, 6.07) is 6.21. The fourth-order valence-corrected chi connectivity index (χ4v) is 2.85. The number of anilines is 1. The predicted molar refractivity (Wildman–Crippen MR) is 78.0 cm³/mol. The zero-order chi connectivity index (χ0) is 14.1. The topological polar surface area (TPSA) is 50.0 Å². The standard InChI is InChI=1S/C15H21N3O2/c1-3-12-10-20-11(2)8-18(12)15-13(9-19)17-7-5-4-6-14(17)16-15/h4-7,11-12,19H,3,8-10H2,1-2H3. The van der Waals surface area contributed by atoms with Crippen LogP contribution >= 0.6 is 0 Å². The van der Waals surface area contributed by atoms with Gasteiger partial charge in [-0.2, -0.15) is 0 Å². The Labute approximate surface area is 118 Å². The van der Waals surface area contributed by atoms with Crippen molar-refractivity contribution < 1.29 is 9.84 Å². The molecular weight excluding hydrogens is 254 g/mol. The van der Waals surface area contributed by atoms with Gasteiger partial charge in [0.2, 0.25) is 0 Å². The van der Waals surface area contributed by atoms with Crippen molar-refractivity contribution >= 4 is 11.5 Å². The molecule has 1 saturated heterocycles. The van der Waals surface area contributed by atoms with Gasteiger partial charge in [-0.3, -0.25) is 4.40 Å². The molecule has 5 nitrogen and oxygen atoms in total. The van der Waals surface area contributed by atoms with E-state index >= 15 is 0 Å². The highest BCUT2D eigenvalue weighted by atomic mass is 16.5. The molecule has 1 aliphatic heterocycles. The highest BCUT2D eigenvalue weighted by Crippen LogP contribution is 2.27. The van der Waals surface area contributed by atoms with Gasteiger partial charge in [0, 0.05) is 12.7 Å². The minimum Gasteiger partial charge on any atom is -0.390 e. The third kappa shape index (κ3) is 2.17. The number of rotatable bonds is 3. The number of nitrogens with zero attached hydrogens (tertiary/aromatic N) is 3. The van der Waals surface area contributed by atoms with Crippen LogP contribution in [0.1, 0.15) is 26.0 Å². The van der Waals surface area contributed by atoms with Gasteiger partial charge in [-0.15, -0.1) is 0 Å². The van der Waals surface area contributed by atoms with Crippen LogP contribution in [0.3, 0.4) is 0 Å². The third-order valence-corrected chi connectivity index (χ3v) is 3.97. The lowest BCUT2D eigenvalue weighted by atomic mass is 10.1. The number of hydrogen-bond acceptors (Lipinski definition) is 4. The maximum absolute atomic E-state index is 9.74. The summed E-state index contributed by atoms with van der Waals surface area (Å²) in [6.45, 7) is 5.76. The Morgan fingerprint density at radius 1 is 1.45 bits per heavy atom. The summed E-state index contributed by atoms with van der Waals surface area (Å²) in [5.74, 6) is 0.890. The summed E-state index contributed by atoms with van der Waals surface area (Å²) >= 11 is 0. The van der Waals surface area contributed by atoms with Crippen molar-refractivity contribution in [2.75, 3.05) is 18.1 Å². The second-order valence-corrected chi connectivity index (χ2v) is 5.33. The molecule has 0 spiro atoms. The number of aliphatic hydroxyl groups excluding tert-OH is 1. The Morgan fingerprint density at radius 2 is 2.30 bits per heavy atom. The molecule has 1 N–H and O–H groups in total. The number of aromatic nitrogens is 2. The van der Waals surface area contributed by atoms with Crippen molar-refractivity contribution in [3.63, 3.8) is 0 Å². The molecule has 1 aliphatic rings. The maximum Gasteiger partial charge on any atom is 0.153 e. The van der Waals surface area contributed by atoms with E-state index in [0.717, 1.165) is 36.7 Å². The van der Waals surface area contributed by atoms with Crippen LogP contribution < -0.4 is 4.90 Å². The molecule has 2 atom stereocenters. The SMILES string of the molecule is CCC1COC(C)CN1c1nc2ccccn2c1CO. The first-order valence-corrected chi connectivity index (χ1v) is 7.19. The van der Waals surface area contributed by atoms with Gasteiger partial charge in [0.25, 0.3) is 0 Å². The van der Waals surface area contributed by atoms with Crippen LogP contribution in [0.15, 0.2) is 24.4 Å². The van der Waals surface area contributed by atoms with E-state index in [1.165, 1.54) is 0 Å². The normalized spacial score (nSPS) is 23.4. The monoisotopic (exact) mass is 275 g/mol. The highest BCUT2D eigenvalue weighted by molar-refractivity contribution is 5.56. The molecule has 2 aromatic rings. The van der Waals surface area contributed by atoms with Crippen molar-refractivity contribution in [1.29, 1.82) is 0 Å². The molecule has 3 heterocycles. The van der Waals surface area contributed by atoms with Gasteiger partial charge in [-0.05, 0) is 25.5 Å². The van der Waals surface area contributed by atoms with Crippen LogP contribution in [0, 0.1) is 0 Å². The van der Waals surface area contributed by atoms with Crippen molar-refractivity contribution in [2.45, 2.75) is 39.0 Å². The van der Waals surface area contributed by atoms with Gasteiger partial charge < -0.3 is 14.7 Å². The molecule has 108 valence electrons. The second-order valence-electron chi connectivity index (χ2n) is 5.33. The van der Waals surface area contributed by atoms with Crippen molar-refractivity contribution in [3.05, 3.63) is 30.1 Å². The lowest BCUT2D eigenvalue weighted by molar-refractivity contribution is 0.0295. The van der Waals surface area contributed by atoms with Crippen LogP contribution in [0.4, 0.5) is 5.82 Å². The minimum atomic E-state index is -0.0112. The van der Waals surface area contributed by atoms with Crippen LogP contribution in [-0.2, 0) is 11.3 Å². The third-order valence-electron chi connectivity index (χ3n) is 3.97. The van der Waals surface area contributed by atoms with Crippen LogP contribution in [0.2, 0.25) is 0 Å².